The SMILES string of the molecule is CCC.CNCC(/C=C\C/C=C/C(N)CS)CNC(CCSC)C(=O)O. The molecule has 26 heavy (non-hydrogen) atoms. The molecule has 0 aliphatic rings. The molecule has 0 aromatic carbocycles. The average molecular weight is 406 g/mol. The zero-order valence-electron chi connectivity index (χ0n) is 16.8. The number of carboxylic acids is 1. The highest BCUT2D eigenvalue weighted by atomic mass is 32.2. The number of thioether (sulfide) groups is 1. The highest BCUT2D eigenvalue weighted by Gasteiger charge is 2.17. The van der Waals surface area contributed by atoms with E-state index in [2.05, 4.69) is 49.3 Å². The van der Waals surface area contributed by atoms with Crippen molar-refractivity contribution in [3.05, 3.63) is 24.3 Å². The first-order valence-electron chi connectivity index (χ1n) is 9.26. The van der Waals surface area contributed by atoms with Crippen molar-refractivity contribution >= 4 is 30.4 Å². The van der Waals surface area contributed by atoms with E-state index in [0.717, 1.165) is 18.7 Å². The van der Waals surface area contributed by atoms with Crippen molar-refractivity contribution in [2.75, 3.05) is 37.9 Å². The van der Waals surface area contributed by atoms with Gasteiger partial charge < -0.3 is 21.5 Å². The van der Waals surface area contributed by atoms with Crippen LogP contribution < -0.4 is 16.4 Å². The molecule has 3 unspecified atom stereocenters. The fraction of sp³-hybridized carbons (Fsp3) is 0.737. The number of hydrogen-bond acceptors (Lipinski definition) is 6. The van der Waals surface area contributed by atoms with E-state index in [1.807, 2.05) is 25.5 Å². The van der Waals surface area contributed by atoms with E-state index in [1.165, 1.54) is 6.42 Å². The molecular weight excluding hydrogens is 366 g/mol. The Bertz CT molecular complexity index is 380. The maximum atomic E-state index is 11.2. The summed E-state index contributed by atoms with van der Waals surface area (Å²) in [6.07, 6.45) is 12.9. The quantitative estimate of drug-likeness (QED) is 0.226. The third-order valence-electron chi connectivity index (χ3n) is 3.28. The van der Waals surface area contributed by atoms with E-state index >= 15 is 0 Å². The standard InChI is InChI=1S/C16H31N3O2S2.C3H8/c1-18-10-13(6-4-3-5-7-14(17)12-22)11-19-15(16(20)21)8-9-23-2;1-3-2/h4-7,13-15,18-19,22H,3,8-12,17H2,1-2H3,(H,20,21);3H2,1-2H3/b6-4-,7-5+;. The summed E-state index contributed by atoms with van der Waals surface area (Å²) in [5.41, 5.74) is 5.75. The van der Waals surface area contributed by atoms with Gasteiger partial charge in [0.1, 0.15) is 6.04 Å². The number of carboxylic acid groups (broad SMARTS) is 1. The summed E-state index contributed by atoms with van der Waals surface area (Å²) in [4.78, 5) is 11.2. The Hall–Kier alpha value is -0.470. The highest BCUT2D eigenvalue weighted by molar-refractivity contribution is 7.98. The molecule has 0 spiro atoms. The molecule has 0 bridgehead atoms. The van der Waals surface area contributed by atoms with E-state index in [4.69, 9.17) is 5.73 Å². The topological polar surface area (TPSA) is 87.4 Å². The number of nitrogens with one attached hydrogen (secondary N) is 2. The zero-order chi connectivity index (χ0) is 20.2. The third-order valence-corrected chi connectivity index (χ3v) is 4.34. The second kappa shape index (κ2) is 20.8. The van der Waals surface area contributed by atoms with Crippen LogP contribution in [0.25, 0.3) is 0 Å². The molecule has 0 aromatic heterocycles. The lowest BCUT2D eigenvalue weighted by Crippen LogP contribution is -2.41. The van der Waals surface area contributed by atoms with Gasteiger partial charge in [0, 0.05) is 30.8 Å². The first-order chi connectivity index (χ1) is 12.5. The molecular formula is C19H39N3O2S2. The number of nitrogens with two attached hydrogens (primary N) is 1. The van der Waals surface area contributed by atoms with Crippen LogP contribution in [-0.4, -0.2) is 61.1 Å². The van der Waals surface area contributed by atoms with E-state index in [-0.39, 0.29) is 12.0 Å². The van der Waals surface area contributed by atoms with E-state index < -0.39 is 12.0 Å². The van der Waals surface area contributed by atoms with Crippen LogP contribution in [0, 0.1) is 5.92 Å². The van der Waals surface area contributed by atoms with Crippen molar-refractivity contribution in [3.8, 4) is 0 Å². The Balaban J connectivity index is 0. The Labute approximate surface area is 170 Å². The Morgan fingerprint density at radius 1 is 1.27 bits per heavy atom. The summed E-state index contributed by atoms with van der Waals surface area (Å²) in [6, 6.07) is -0.488. The largest absolute Gasteiger partial charge is 0.480 e. The van der Waals surface area contributed by atoms with Crippen LogP contribution in [0.3, 0.4) is 0 Å². The normalized spacial score (nSPS) is 14.8. The van der Waals surface area contributed by atoms with Gasteiger partial charge >= 0.3 is 5.97 Å². The first-order valence-corrected chi connectivity index (χ1v) is 11.3. The summed E-state index contributed by atoms with van der Waals surface area (Å²) in [5.74, 6) is 0.948. The second-order valence-electron chi connectivity index (χ2n) is 6.04. The van der Waals surface area contributed by atoms with Crippen molar-refractivity contribution in [1.82, 2.24) is 10.6 Å². The van der Waals surface area contributed by atoms with Crippen LogP contribution >= 0.6 is 24.4 Å². The minimum atomic E-state index is -0.782. The van der Waals surface area contributed by atoms with Gasteiger partial charge in [-0.1, -0.05) is 44.6 Å². The predicted molar refractivity (Wildman–Crippen MR) is 121 cm³/mol. The average Bonchev–Trinajstić information content (AvgIpc) is 2.61. The lowest BCUT2D eigenvalue weighted by molar-refractivity contribution is -0.139. The molecule has 0 aliphatic carbocycles. The number of carbonyl (C=O) groups is 1. The maximum absolute atomic E-state index is 11.2. The fourth-order valence-electron chi connectivity index (χ4n) is 1.98. The number of allylic oxidation sites excluding steroid dienone is 2. The minimum absolute atomic E-state index is 0.00531. The number of rotatable bonds is 14. The van der Waals surface area contributed by atoms with Gasteiger partial charge in [-0.2, -0.15) is 24.4 Å². The van der Waals surface area contributed by atoms with Crippen LogP contribution in [0.5, 0.6) is 0 Å². The molecule has 5 N–H and O–H groups in total. The van der Waals surface area contributed by atoms with Gasteiger partial charge in [-0.05, 0) is 31.9 Å². The van der Waals surface area contributed by atoms with Crippen molar-refractivity contribution < 1.29 is 9.90 Å². The van der Waals surface area contributed by atoms with E-state index in [1.54, 1.807) is 11.8 Å². The minimum Gasteiger partial charge on any atom is -0.480 e. The van der Waals surface area contributed by atoms with Gasteiger partial charge in [0.25, 0.3) is 0 Å². The Morgan fingerprint density at radius 2 is 1.88 bits per heavy atom. The molecule has 0 rings (SSSR count). The smallest absolute Gasteiger partial charge is 0.320 e. The van der Waals surface area contributed by atoms with Crippen LogP contribution in [-0.2, 0) is 4.79 Å². The second-order valence-corrected chi connectivity index (χ2v) is 7.39. The van der Waals surface area contributed by atoms with Gasteiger partial charge in [-0.25, -0.2) is 0 Å². The zero-order valence-corrected chi connectivity index (χ0v) is 18.5. The van der Waals surface area contributed by atoms with E-state index in [9.17, 15) is 9.90 Å². The molecule has 0 aromatic rings. The molecule has 0 amide bonds. The van der Waals surface area contributed by atoms with Crippen molar-refractivity contribution in [3.63, 3.8) is 0 Å². The van der Waals surface area contributed by atoms with Crippen LogP contribution in [0.15, 0.2) is 24.3 Å². The molecule has 5 nitrogen and oxygen atoms in total. The predicted octanol–water partition coefficient (Wildman–Crippen LogP) is 2.79. The number of thiol groups is 1. The summed E-state index contributed by atoms with van der Waals surface area (Å²) >= 11 is 5.79. The van der Waals surface area contributed by atoms with Crippen LogP contribution in [0.1, 0.15) is 33.1 Å². The van der Waals surface area contributed by atoms with Gasteiger partial charge in [0.05, 0.1) is 0 Å². The highest BCUT2D eigenvalue weighted by Crippen LogP contribution is 2.04. The molecule has 0 aliphatic heterocycles. The molecule has 7 heteroatoms. The maximum Gasteiger partial charge on any atom is 0.320 e. The van der Waals surface area contributed by atoms with Crippen molar-refractivity contribution in [2.45, 2.75) is 45.2 Å². The molecule has 0 heterocycles. The molecule has 3 atom stereocenters. The van der Waals surface area contributed by atoms with Gasteiger partial charge in [0.2, 0.25) is 0 Å². The molecule has 0 radical (unpaired) electrons. The molecule has 0 saturated carbocycles. The lowest BCUT2D eigenvalue weighted by Gasteiger charge is -2.18. The lowest BCUT2D eigenvalue weighted by atomic mass is 10.1. The molecule has 0 fully saturated rings. The van der Waals surface area contributed by atoms with Gasteiger partial charge in [-0.15, -0.1) is 0 Å². The molecule has 154 valence electrons. The summed E-state index contributed by atoms with van der Waals surface area (Å²) in [6.45, 7) is 5.70. The van der Waals surface area contributed by atoms with Crippen LogP contribution in [0.4, 0.5) is 0 Å². The summed E-state index contributed by atoms with van der Waals surface area (Å²) in [7, 11) is 1.90. The number of aliphatic carboxylic acids is 1. The van der Waals surface area contributed by atoms with Crippen molar-refractivity contribution in [1.29, 1.82) is 0 Å². The summed E-state index contributed by atoms with van der Waals surface area (Å²) in [5, 5.41) is 15.5. The number of hydrogen-bond donors (Lipinski definition) is 5. The van der Waals surface area contributed by atoms with Crippen molar-refractivity contribution in [2.24, 2.45) is 11.7 Å². The third kappa shape index (κ3) is 18.3. The summed E-state index contributed by atoms with van der Waals surface area (Å²) < 4.78 is 0. The van der Waals surface area contributed by atoms with Gasteiger partial charge in [0.15, 0.2) is 0 Å². The van der Waals surface area contributed by atoms with E-state index in [0.29, 0.717) is 18.7 Å². The fourth-order valence-corrected chi connectivity index (χ4v) is 2.57. The monoisotopic (exact) mass is 405 g/mol. The van der Waals surface area contributed by atoms with Crippen LogP contribution in [0.2, 0.25) is 0 Å². The van der Waals surface area contributed by atoms with Gasteiger partial charge in [-0.3, -0.25) is 4.79 Å². The molecule has 0 saturated heterocycles. The first kappa shape index (κ1) is 27.7. The Kier molecular flexibility index (Phi) is 22.2. The Morgan fingerprint density at radius 3 is 2.38 bits per heavy atom.